The van der Waals surface area contributed by atoms with Gasteiger partial charge in [0.15, 0.2) is 0 Å². The van der Waals surface area contributed by atoms with Gasteiger partial charge in [0.1, 0.15) is 17.3 Å². The summed E-state index contributed by atoms with van der Waals surface area (Å²) in [6.07, 6.45) is 5.48. The quantitative estimate of drug-likeness (QED) is 0.107. The summed E-state index contributed by atoms with van der Waals surface area (Å²) in [5.74, 6) is 1.89. The molecule has 0 spiro atoms. The Labute approximate surface area is 446 Å². The van der Waals surface area contributed by atoms with Crippen molar-refractivity contribution in [1.29, 1.82) is 0 Å². The average molecular weight is 958 g/mol. The smallest absolute Gasteiger partial charge is 0.269 e. The van der Waals surface area contributed by atoms with Gasteiger partial charge in [0.25, 0.3) is 6.33 Å². The van der Waals surface area contributed by atoms with Crippen LogP contribution in [0.3, 0.4) is 0 Å². The molecule has 0 bridgehead atoms. The number of ether oxygens (including phenoxy) is 1. The van der Waals surface area contributed by atoms with E-state index in [9.17, 15) is 4.11 Å². The molecule has 3 heterocycles. The van der Waals surface area contributed by atoms with Crippen LogP contribution < -0.4 is 9.30 Å². The SMILES string of the molecule is [2H]c1c([2H])c([2H])c(-c2c([2H])c(-c3cccc(-c4cccc(C(C)(C)C)c4)c3-[n+]3[c-]n(-c4cccc(Oc5ccc6c7ccccc7n(-c7cc(C(C)(C)C)ccn7)c6c5)c4)c4ccccc43)c([2H])c(-c3c([2H])c([2H])c([2H])c([2H])c3[2H])c2[2H])c([2H])c1[2H]. The van der Waals surface area contributed by atoms with Crippen molar-refractivity contribution >= 4 is 32.8 Å². The molecule has 0 radical (unpaired) electrons. The van der Waals surface area contributed by atoms with Crippen molar-refractivity contribution < 1.29 is 27.1 Å². The van der Waals surface area contributed by atoms with Crippen molar-refractivity contribution in [3.8, 4) is 73.2 Å². The lowest BCUT2D eigenvalue weighted by Gasteiger charge is -2.22. The number of fused-ring (bicyclic) bond motifs is 4. The van der Waals surface area contributed by atoms with Gasteiger partial charge >= 0.3 is 0 Å². The zero-order valence-electron chi connectivity index (χ0n) is 54.1. The maximum Gasteiger partial charge on any atom is 0.269 e. The van der Waals surface area contributed by atoms with Gasteiger partial charge in [0.05, 0.1) is 51.3 Å². The Morgan fingerprint density at radius 2 is 1.10 bits per heavy atom. The zero-order chi connectivity index (χ0) is 61.2. The molecule has 0 fully saturated rings. The van der Waals surface area contributed by atoms with Crippen LogP contribution in [0, 0.1) is 6.33 Å². The standard InChI is InChI=1S/C68H56N4O/c1-67(2,3)52-25-17-24-48(41-52)57-29-19-30-58(51-39-49(46-20-9-7-10-21-46)38-50(40-51)47-22-11-8-12-23-47)66(57)71-45-70(62-32-15-16-33-63(62)71)54-26-18-27-55(43-54)73-56-34-35-60-59-28-13-14-31-61(59)72(64(60)44-56)65-42-53(36-37-69-65)68(4,5)6/h7-44H,1-6H3/i7D,8D,9D,10D,11D,12D,20D,21D,22D,23D,38D,39D,40D. The molecule has 0 atom stereocenters. The molecule has 3 aromatic heterocycles. The Morgan fingerprint density at radius 3 is 1.82 bits per heavy atom. The second-order valence-electron chi connectivity index (χ2n) is 20.1. The number of benzene rings is 9. The first-order valence-corrected chi connectivity index (χ1v) is 24.1. The number of pyridine rings is 1. The van der Waals surface area contributed by atoms with E-state index in [2.05, 4.69) is 82.8 Å². The first-order valence-electron chi connectivity index (χ1n) is 30.6. The minimum absolute atomic E-state index is 0.109. The van der Waals surface area contributed by atoms with Crippen molar-refractivity contribution in [3.05, 3.63) is 248 Å². The van der Waals surface area contributed by atoms with Crippen LogP contribution in [0.1, 0.15) is 70.5 Å². The lowest BCUT2D eigenvalue weighted by atomic mass is 9.84. The van der Waals surface area contributed by atoms with Gasteiger partial charge < -0.3 is 4.74 Å². The largest absolute Gasteiger partial charge is 0.458 e. The number of rotatable bonds is 9. The predicted molar refractivity (Wildman–Crippen MR) is 301 cm³/mol. The third-order valence-electron chi connectivity index (χ3n) is 13.2. The first-order chi connectivity index (χ1) is 40.9. The van der Waals surface area contributed by atoms with Gasteiger partial charge in [-0.1, -0.05) is 193 Å². The predicted octanol–water partition coefficient (Wildman–Crippen LogP) is 17.3. The molecule has 9 aromatic carbocycles. The molecular weight excluding hydrogens is 889 g/mol. The van der Waals surface area contributed by atoms with Crippen molar-refractivity contribution in [2.75, 3.05) is 0 Å². The monoisotopic (exact) mass is 958 g/mol. The summed E-state index contributed by atoms with van der Waals surface area (Å²) in [6.45, 7) is 12.8. The van der Waals surface area contributed by atoms with Crippen LogP contribution >= 0.6 is 0 Å². The number of imidazole rings is 1. The Hall–Kier alpha value is -8.80. The van der Waals surface area contributed by atoms with Crippen molar-refractivity contribution in [3.63, 3.8) is 0 Å². The van der Waals surface area contributed by atoms with Gasteiger partial charge in [-0.15, -0.1) is 0 Å². The first kappa shape index (κ1) is 33.0. The van der Waals surface area contributed by atoms with Gasteiger partial charge in [0, 0.05) is 23.0 Å². The van der Waals surface area contributed by atoms with E-state index in [0.29, 0.717) is 39.5 Å². The highest BCUT2D eigenvalue weighted by molar-refractivity contribution is 6.09. The van der Waals surface area contributed by atoms with Crippen LogP contribution in [0.15, 0.2) is 230 Å². The molecule has 0 amide bonds. The number of para-hydroxylation sites is 4. The highest BCUT2D eigenvalue weighted by atomic mass is 16.5. The van der Waals surface area contributed by atoms with E-state index in [-0.39, 0.29) is 22.0 Å². The van der Waals surface area contributed by atoms with Crippen molar-refractivity contribution in [2.45, 2.75) is 52.4 Å². The number of aromatic nitrogens is 4. The minimum atomic E-state index is -0.741. The fraction of sp³-hybridized carbons (Fsp3) is 0.118. The van der Waals surface area contributed by atoms with E-state index in [4.69, 9.17) is 23.4 Å². The van der Waals surface area contributed by atoms with Gasteiger partial charge in [0.2, 0.25) is 0 Å². The maximum absolute atomic E-state index is 10.2. The number of hydrogen-bond donors (Lipinski definition) is 0. The lowest BCUT2D eigenvalue weighted by molar-refractivity contribution is -0.571. The van der Waals surface area contributed by atoms with Crippen LogP contribution in [-0.4, -0.2) is 14.1 Å². The molecule has 0 aliphatic rings. The van der Waals surface area contributed by atoms with Crippen LogP contribution in [0.4, 0.5) is 0 Å². The molecule has 73 heavy (non-hydrogen) atoms. The maximum atomic E-state index is 10.2. The van der Waals surface area contributed by atoms with Crippen LogP contribution in [0.2, 0.25) is 0 Å². The summed E-state index contributed by atoms with van der Waals surface area (Å²) in [5.41, 5.74) is 5.25. The summed E-state index contributed by atoms with van der Waals surface area (Å²) in [4.78, 5) is 4.86. The molecule has 0 aliphatic carbocycles. The van der Waals surface area contributed by atoms with Crippen molar-refractivity contribution in [1.82, 2.24) is 14.1 Å². The van der Waals surface area contributed by atoms with Crippen LogP contribution in [0.25, 0.3) is 94.5 Å². The Balaban J connectivity index is 1.10. The Morgan fingerprint density at radius 1 is 0.493 bits per heavy atom. The van der Waals surface area contributed by atoms with Crippen LogP contribution in [-0.2, 0) is 10.8 Å². The highest BCUT2D eigenvalue weighted by Gasteiger charge is 2.23. The third-order valence-corrected chi connectivity index (χ3v) is 13.2. The van der Waals surface area contributed by atoms with E-state index in [1.165, 1.54) is 0 Å². The molecule has 12 aromatic rings. The van der Waals surface area contributed by atoms with Crippen molar-refractivity contribution in [2.24, 2.45) is 0 Å². The molecule has 354 valence electrons. The number of hydrogen-bond acceptors (Lipinski definition) is 2. The number of nitrogens with zero attached hydrogens (tertiary/aromatic N) is 4. The molecule has 12 rings (SSSR count). The summed E-state index contributed by atoms with van der Waals surface area (Å²) in [6, 6.07) is 37.7. The molecule has 0 N–H and O–H groups in total. The second kappa shape index (κ2) is 18.1. The molecule has 0 aliphatic heterocycles. The van der Waals surface area contributed by atoms with E-state index in [1.807, 2.05) is 118 Å². The molecule has 5 nitrogen and oxygen atoms in total. The Bertz CT molecular complexity index is 4670. The second-order valence-corrected chi connectivity index (χ2v) is 20.1. The van der Waals surface area contributed by atoms with E-state index in [1.54, 1.807) is 12.1 Å². The third kappa shape index (κ3) is 8.57. The summed E-state index contributed by atoms with van der Waals surface area (Å²) >= 11 is 0. The van der Waals surface area contributed by atoms with Gasteiger partial charge in [-0.3, -0.25) is 13.7 Å². The fourth-order valence-electron chi connectivity index (χ4n) is 9.48. The summed E-state index contributed by atoms with van der Waals surface area (Å²) in [7, 11) is 0. The summed E-state index contributed by atoms with van der Waals surface area (Å²) in [5, 5.41) is 2.11. The molecule has 0 saturated carbocycles. The molecule has 0 saturated heterocycles. The van der Waals surface area contributed by atoms with Crippen LogP contribution in [0.5, 0.6) is 11.5 Å². The highest BCUT2D eigenvalue weighted by Crippen LogP contribution is 2.41. The normalized spacial score (nSPS) is 14.5. The van der Waals surface area contributed by atoms with Gasteiger partial charge in [-0.2, -0.15) is 0 Å². The zero-order valence-corrected chi connectivity index (χ0v) is 41.1. The van der Waals surface area contributed by atoms with E-state index in [0.717, 1.165) is 44.3 Å². The van der Waals surface area contributed by atoms with E-state index >= 15 is 0 Å². The minimum Gasteiger partial charge on any atom is -0.458 e. The van der Waals surface area contributed by atoms with Gasteiger partial charge in [-0.05, 0) is 133 Å². The lowest BCUT2D eigenvalue weighted by Crippen LogP contribution is -2.31. The topological polar surface area (TPSA) is 35.9 Å². The van der Waals surface area contributed by atoms with E-state index < -0.39 is 101 Å². The van der Waals surface area contributed by atoms with Gasteiger partial charge in [-0.25, -0.2) is 4.98 Å². The summed E-state index contributed by atoms with van der Waals surface area (Å²) < 4.78 is 131. The molecular formula is C68H56N4O. The molecule has 0 unspecified atom stereocenters. The molecule has 5 heteroatoms. The fourth-order valence-corrected chi connectivity index (χ4v) is 9.48. The Kier molecular flexibility index (Phi) is 8.18. The average Bonchev–Trinajstić information content (AvgIpc) is 0.989.